The fourth-order valence-electron chi connectivity index (χ4n) is 9.00. The van der Waals surface area contributed by atoms with Crippen molar-refractivity contribution >= 4 is 0 Å². The number of hydrogen-bond donors (Lipinski definition) is 18. The minimum Gasteiger partial charge on any atom is -0.394 e. The molecule has 0 spiro atoms. The van der Waals surface area contributed by atoms with Gasteiger partial charge in [0.2, 0.25) is 0 Å². The summed E-state index contributed by atoms with van der Waals surface area (Å²) in [5, 5.41) is 189. The molecule has 30 atom stereocenters. The van der Waals surface area contributed by atoms with Crippen LogP contribution in [0.15, 0.2) is 0 Å². The van der Waals surface area contributed by atoms with Gasteiger partial charge in [0, 0.05) is 14.2 Å². The van der Waals surface area contributed by atoms with E-state index in [0.29, 0.717) is 0 Å². The number of rotatable bonds is 18. The summed E-state index contributed by atoms with van der Waals surface area (Å²) in [4.78, 5) is 0. The van der Waals surface area contributed by atoms with Crippen LogP contribution in [-0.2, 0) is 61.6 Å². The summed E-state index contributed by atoms with van der Waals surface area (Å²) in [5.41, 5.74) is 0. The predicted octanol–water partition coefficient (Wildman–Crippen LogP) is -12.8. The molecule has 31 nitrogen and oxygen atoms in total. The van der Waals surface area contributed by atoms with Gasteiger partial charge in [-0.3, -0.25) is 0 Å². The van der Waals surface area contributed by atoms with Gasteiger partial charge in [0.25, 0.3) is 0 Å². The second-order valence-corrected chi connectivity index (χ2v) is 17.2. The third-order valence-electron chi connectivity index (χ3n) is 12.9. The molecule has 0 saturated carbocycles. The number of aliphatic hydroxyl groups excluding tert-OH is 18. The molecule has 18 N–H and O–H groups in total. The highest BCUT2D eigenvalue weighted by Crippen LogP contribution is 2.37. The monoisotopic (exact) mass is 1020 g/mol. The molecule has 0 amide bonds. The lowest BCUT2D eigenvalue weighted by Crippen LogP contribution is -2.68. The van der Waals surface area contributed by atoms with Gasteiger partial charge < -0.3 is 153 Å². The lowest BCUT2D eigenvalue weighted by Gasteiger charge is -2.50. The minimum absolute atomic E-state index is 0.818. The van der Waals surface area contributed by atoms with E-state index in [-0.39, 0.29) is 0 Å². The Morgan fingerprint density at radius 1 is 0.261 bits per heavy atom. The molecule has 0 aliphatic carbocycles. The van der Waals surface area contributed by atoms with Crippen molar-refractivity contribution in [1.29, 1.82) is 0 Å². The second kappa shape index (κ2) is 24.9. The predicted molar refractivity (Wildman–Crippen MR) is 209 cm³/mol. The fourth-order valence-corrected chi connectivity index (χ4v) is 9.00. The quantitative estimate of drug-likeness (QED) is 0.0606. The van der Waals surface area contributed by atoms with Gasteiger partial charge in [-0.05, 0) is 0 Å². The summed E-state index contributed by atoms with van der Waals surface area (Å²) in [6.45, 7) is -5.33. The molecule has 6 heterocycles. The number of methoxy groups -OCH3 is 2. The average Bonchev–Trinajstić information content (AvgIpc) is 3.35. The fraction of sp³-hybridized carbons (Fsp3) is 1.00. The van der Waals surface area contributed by atoms with E-state index in [1.807, 2.05) is 0 Å². The molecule has 404 valence electrons. The van der Waals surface area contributed by atoms with E-state index >= 15 is 0 Å². The van der Waals surface area contributed by atoms with Gasteiger partial charge in [0.05, 0.1) is 39.6 Å². The Morgan fingerprint density at radius 2 is 0.536 bits per heavy atom. The van der Waals surface area contributed by atoms with Crippen LogP contribution in [0.2, 0.25) is 0 Å². The van der Waals surface area contributed by atoms with Crippen molar-refractivity contribution in [2.45, 2.75) is 184 Å². The zero-order chi connectivity index (χ0) is 50.8. The Hall–Kier alpha value is -1.24. The molecule has 6 rings (SSSR count). The summed E-state index contributed by atoms with van der Waals surface area (Å²) < 4.78 is 73.5. The van der Waals surface area contributed by atoms with Crippen molar-refractivity contribution in [3.8, 4) is 0 Å². The van der Waals surface area contributed by atoms with Crippen LogP contribution < -0.4 is 0 Å². The Morgan fingerprint density at radius 3 is 0.899 bits per heavy atom. The lowest BCUT2D eigenvalue weighted by molar-refractivity contribution is -0.397. The van der Waals surface area contributed by atoms with Crippen LogP contribution in [0.25, 0.3) is 0 Å². The van der Waals surface area contributed by atoms with Crippen LogP contribution in [-0.4, -0.2) is 330 Å². The van der Waals surface area contributed by atoms with Gasteiger partial charge in [0.15, 0.2) is 37.7 Å². The van der Waals surface area contributed by atoms with E-state index in [9.17, 15) is 91.9 Å². The first-order valence-corrected chi connectivity index (χ1v) is 21.9. The maximum atomic E-state index is 11.3. The zero-order valence-electron chi connectivity index (χ0n) is 36.9. The highest BCUT2D eigenvalue weighted by atomic mass is 16.8. The summed E-state index contributed by atoms with van der Waals surface area (Å²) in [6.07, 6.45) is -52.7. The lowest BCUT2D eigenvalue weighted by atomic mass is 9.95. The first kappa shape index (κ1) is 57.0. The van der Waals surface area contributed by atoms with E-state index in [1.54, 1.807) is 0 Å². The zero-order valence-corrected chi connectivity index (χ0v) is 36.9. The van der Waals surface area contributed by atoms with Gasteiger partial charge in [-0.15, -0.1) is 0 Å². The first-order valence-electron chi connectivity index (χ1n) is 21.9. The Labute approximate surface area is 391 Å². The Bertz CT molecular complexity index is 1530. The molecule has 6 aliphatic rings. The van der Waals surface area contributed by atoms with Crippen LogP contribution in [0.5, 0.6) is 0 Å². The van der Waals surface area contributed by atoms with Crippen LogP contribution in [0.1, 0.15) is 0 Å². The molecule has 0 aromatic heterocycles. The smallest absolute Gasteiger partial charge is 0.187 e. The maximum Gasteiger partial charge on any atom is 0.187 e. The van der Waals surface area contributed by atoms with Crippen LogP contribution in [0.4, 0.5) is 0 Å². The van der Waals surface area contributed by atoms with Gasteiger partial charge in [-0.2, -0.15) is 0 Å². The molecule has 6 saturated heterocycles. The molecule has 30 unspecified atom stereocenters. The molecule has 69 heavy (non-hydrogen) atoms. The summed E-state index contributed by atoms with van der Waals surface area (Å²) in [5.74, 6) is 0. The van der Waals surface area contributed by atoms with Crippen LogP contribution in [0, 0.1) is 0 Å². The van der Waals surface area contributed by atoms with Crippen molar-refractivity contribution < 1.29 is 153 Å². The minimum atomic E-state index is -2.09. The summed E-state index contributed by atoms with van der Waals surface area (Å²) in [6, 6.07) is 0. The molecule has 0 aromatic rings. The summed E-state index contributed by atoms with van der Waals surface area (Å²) >= 11 is 0. The number of ether oxygens (including phenoxy) is 13. The highest BCUT2D eigenvalue weighted by Gasteiger charge is 2.58. The van der Waals surface area contributed by atoms with Gasteiger partial charge in [-0.25, -0.2) is 0 Å². The number of hydrogen-bond acceptors (Lipinski definition) is 31. The van der Waals surface area contributed by atoms with E-state index in [1.165, 1.54) is 14.2 Å². The third kappa shape index (κ3) is 11.7. The van der Waals surface area contributed by atoms with E-state index < -0.39 is 224 Å². The first-order chi connectivity index (χ1) is 32.8. The van der Waals surface area contributed by atoms with Crippen molar-refractivity contribution in [2.24, 2.45) is 0 Å². The largest absolute Gasteiger partial charge is 0.394 e. The van der Waals surface area contributed by atoms with Gasteiger partial charge >= 0.3 is 0 Å². The molecule has 0 aromatic carbocycles. The SMILES string of the molecule is COC1C(OC2C(CO)OC(OC3C(CO)OC(O)C(O)C3O)C(O)C2O)OC(CO)C(OC2OC(CO)C(OC3OC(CO)C(OC4OC(CO)C(O)C(O)C4O)C(O)C3O)C(O)C2O)C1OC. The van der Waals surface area contributed by atoms with Crippen molar-refractivity contribution in [3.05, 3.63) is 0 Å². The van der Waals surface area contributed by atoms with E-state index in [4.69, 9.17) is 61.6 Å². The van der Waals surface area contributed by atoms with Crippen molar-refractivity contribution in [2.75, 3.05) is 53.9 Å². The molecule has 6 aliphatic heterocycles. The van der Waals surface area contributed by atoms with Crippen LogP contribution in [0.3, 0.4) is 0 Å². The average molecular weight is 1020 g/mol. The van der Waals surface area contributed by atoms with E-state index in [2.05, 4.69) is 0 Å². The maximum absolute atomic E-state index is 11.3. The van der Waals surface area contributed by atoms with Gasteiger partial charge in [-0.1, -0.05) is 0 Å². The highest BCUT2D eigenvalue weighted by molar-refractivity contribution is 5.00. The molecular weight excluding hydrogens is 952 g/mol. The van der Waals surface area contributed by atoms with Gasteiger partial charge in [0.1, 0.15) is 146 Å². The Balaban J connectivity index is 1.10. The normalized spacial score (nSPS) is 52.2. The molecule has 0 bridgehead atoms. The summed E-state index contributed by atoms with van der Waals surface area (Å²) in [7, 11) is 2.35. The second-order valence-electron chi connectivity index (χ2n) is 17.2. The number of aliphatic hydroxyl groups is 18. The molecule has 31 heteroatoms. The topological polar surface area (TPSA) is 484 Å². The standard InChI is InChI=1S/C38H66O31/c1-57-31-30(14(8-44)64-38(32(31)58-2)68-29-13(7-43)62-35(24(54)20(29)50)65-26-10(4-40)59-33(56)21(51)17(26)47)69-37-25(55)19(49)28(12(6-42)63-37)67-36-23(53)18(48)27(11(5-41)61-36)66-34-22(52)16(46)15(45)9(3-39)60-34/h9-56H,3-8H2,1-2H3. The van der Waals surface area contributed by atoms with Crippen LogP contribution >= 0.6 is 0 Å². The molecular formula is C38H66O31. The molecule has 6 fully saturated rings. The van der Waals surface area contributed by atoms with E-state index in [0.717, 1.165) is 0 Å². The molecule has 0 radical (unpaired) electrons. The Kier molecular flexibility index (Phi) is 20.6. The van der Waals surface area contributed by atoms with Crippen molar-refractivity contribution in [1.82, 2.24) is 0 Å². The third-order valence-corrected chi connectivity index (χ3v) is 12.9. The van der Waals surface area contributed by atoms with Crippen molar-refractivity contribution in [3.63, 3.8) is 0 Å².